The fourth-order valence-electron chi connectivity index (χ4n) is 2.33. The van der Waals surface area contributed by atoms with Gasteiger partial charge in [-0.2, -0.15) is 0 Å². The lowest BCUT2D eigenvalue weighted by atomic mass is 9.78. The van der Waals surface area contributed by atoms with E-state index in [2.05, 4.69) is 0 Å². The molecule has 1 N–H and O–H groups in total. The molecule has 1 aromatic carbocycles. The lowest BCUT2D eigenvalue weighted by Gasteiger charge is -2.33. The quantitative estimate of drug-likeness (QED) is 0.682. The zero-order chi connectivity index (χ0) is 15.6. The molecule has 0 amide bonds. The number of nitrogens with zero attached hydrogens (tertiary/aromatic N) is 1. The van der Waals surface area contributed by atoms with E-state index in [1.165, 1.54) is 13.2 Å². The maximum Gasteiger partial charge on any atom is 0.341 e. The van der Waals surface area contributed by atoms with Gasteiger partial charge in [-0.15, -0.1) is 0 Å². The average molecular weight is 310 g/mol. The minimum absolute atomic E-state index is 0.109. The van der Waals surface area contributed by atoms with Crippen LogP contribution in [-0.4, -0.2) is 28.7 Å². The molecule has 0 bridgehead atoms. The van der Waals surface area contributed by atoms with Gasteiger partial charge in [0.1, 0.15) is 5.03 Å². The van der Waals surface area contributed by atoms with Crippen LogP contribution in [0.3, 0.4) is 0 Å². The Kier molecular flexibility index (Phi) is 4.11. The van der Waals surface area contributed by atoms with Gasteiger partial charge in [0, 0.05) is 19.1 Å². The van der Waals surface area contributed by atoms with Crippen LogP contribution in [0.5, 0.6) is 0 Å². The van der Waals surface area contributed by atoms with Gasteiger partial charge in [0.15, 0.2) is 5.60 Å². The predicted octanol–water partition coefficient (Wildman–Crippen LogP) is 2.54. The smallest absolute Gasteiger partial charge is 0.341 e. The Balaban J connectivity index is 2.64. The Hall–Kier alpha value is -2.18. The number of ether oxygens (including phenoxy) is 1. The van der Waals surface area contributed by atoms with Crippen molar-refractivity contribution in [1.82, 2.24) is 0 Å². The highest BCUT2D eigenvalue weighted by molar-refractivity contribution is 6.32. The van der Waals surface area contributed by atoms with E-state index in [9.17, 15) is 20.0 Å². The van der Waals surface area contributed by atoms with Crippen molar-refractivity contribution in [2.24, 2.45) is 0 Å². The molecular formula is C14H12ClNO5. The van der Waals surface area contributed by atoms with Crippen LogP contribution in [0.1, 0.15) is 11.5 Å². The first kappa shape index (κ1) is 15.2. The molecule has 0 fully saturated rings. The van der Waals surface area contributed by atoms with Gasteiger partial charge in [-0.1, -0.05) is 41.9 Å². The van der Waals surface area contributed by atoms with Crippen molar-refractivity contribution in [2.45, 2.75) is 11.5 Å². The number of rotatable bonds is 4. The van der Waals surface area contributed by atoms with E-state index in [0.717, 1.165) is 6.08 Å². The summed E-state index contributed by atoms with van der Waals surface area (Å²) in [7, 11) is 1.20. The van der Waals surface area contributed by atoms with E-state index in [4.69, 9.17) is 16.3 Å². The van der Waals surface area contributed by atoms with E-state index in [0.29, 0.717) is 5.56 Å². The van der Waals surface area contributed by atoms with Gasteiger partial charge in [0.2, 0.25) is 0 Å². The highest BCUT2D eigenvalue weighted by Gasteiger charge is 2.50. The molecule has 1 aliphatic rings. The average Bonchev–Trinajstić information content (AvgIpc) is 2.47. The van der Waals surface area contributed by atoms with Crippen molar-refractivity contribution in [3.05, 3.63) is 68.9 Å². The maximum atomic E-state index is 11.7. The van der Waals surface area contributed by atoms with Crippen LogP contribution in [0, 0.1) is 10.1 Å². The van der Waals surface area contributed by atoms with E-state index < -0.39 is 28.1 Å². The van der Waals surface area contributed by atoms with Gasteiger partial charge in [-0.25, -0.2) is 4.79 Å². The van der Waals surface area contributed by atoms with Crippen molar-refractivity contribution < 1.29 is 19.6 Å². The third-order valence-electron chi connectivity index (χ3n) is 3.40. The Morgan fingerprint density at radius 2 is 2.05 bits per heavy atom. The second-order valence-electron chi connectivity index (χ2n) is 4.49. The molecule has 1 aromatic rings. The molecule has 2 atom stereocenters. The van der Waals surface area contributed by atoms with Gasteiger partial charge in [0.05, 0.1) is 4.92 Å². The fraction of sp³-hybridized carbons (Fsp3) is 0.214. The number of methoxy groups -OCH3 is 1. The number of carbonyl (C=O) groups is 1. The standard InChI is InChI=1S/C14H12ClNO5/c1-21-14(13(17)18)8-12(16(19)20)11(15)7-10(14)9-5-3-2-4-6-9/h2-8,10H,1H3,(H,17,18). The van der Waals surface area contributed by atoms with E-state index >= 15 is 0 Å². The van der Waals surface area contributed by atoms with Crippen molar-refractivity contribution in [2.75, 3.05) is 7.11 Å². The number of carboxylic acids is 1. The lowest BCUT2D eigenvalue weighted by Crippen LogP contribution is -2.46. The molecule has 0 heterocycles. The van der Waals surface area contributed by atoms with Gasteiger partial charge >= 0.3 is 5.97 Å². The van der Waals surface area contributed by atoms with Crippen molar-refractivity contribution in [3.63, 3.8) is 0 Å². The van der Waals surface area contributed by atoms with Crippen LogP contribution in [0.2, 0.25) is 0 Å². The van der Waals surface area contributed by atoms with E-state index in [1.54, 1.807) is 30.3 Å². The molecule has 0 saturated carbocycles. The van der Waals surface area contributed by atoms with Crippen LogP contribution >= 0.6 is 11.6 Å². The molecule has 7 heteroatoms. The predicted molar refractivity (Wildman–Crippen MR) is 75.6 cm³/mol. The second-order valence-corrected chi connectivity index (χ2v) is 4.90. The van der Waals surface area contributed by atoms with E-state index in [1.807, 2.05) is 0 Å². The molecule has 2 rings (SSSR count). The fourth-order valence-corrected chi connectivity index (χ4v) is 2.58. The number of aliphatic carboxylic acids is 1. The number of nitro groups is 1. The zero-order valence-electron chi connectivity index (χ0n) is 11.0. The summed E-state index contributed by atoms with van der Waals surface area (Å²) in [6, 6.07) is 8.70. The molecule has 0 aliphatic heterocycles. The molecule has 0 saturated heterocycles. The third kappa shape index (κ3) is 2.55. The van der Waals surface area contributed by atoms with Gasteiger partial charge in [-0.3, -0.25) is 10.1 Å². The number of hydrogen-bond donors (Lipinski definition) is 1. The molecule has 1 aliphatic carbocycles. The minimum atomic E-state index is -1.87. The number of carboxylic acid groups (broad SMARTS) is 1. The summed E-state index contributed by atoms with van der Waals surface area (Å²) in [5.41, 5.74) is -1.71. The lowest BCUT2D eigenvalue weighted by molar-refractivity contribution is -0.421. The summed E-state index contributed by atoms with van der Waals surface area (Å²) in [5, 5.41) is 20.4. The molecule has 6 nitrogen and oxygen atoms in total. The monoisotopic (exact) mass is 309 g/mol. The third-order valence-corrected chi connectivity index (χ3v) is 3.72. The van der Waals surface area contributed by atoms with Crippen LogP contribution in [0.4, 0.5) is 0 Å². The molecule has 0 aromatic heterocycles. The Labute approximate surface area is 125 Å². The topological polar surface area (TPSA) is 89.7 Å². The molecule has 21 heavy (non-hydrogen) atoms. The summed E-state index contributed by atoms with van der Waals surface area (Å²) in [6.07, 6.45) is 2.29. The highest BCUT2D eigenvalue weighted by Crippen LogP contribution is 2.41. The Bertz CT molecular complexity index is 640. The molecular weight excluding hydrogens is 298 g/mol. The van der Waals surface area contributed by atoms with Gasteiger partial charge in [-0.05, 0) is 11.6 Å². The first-order chi connectivity index (χ1) is 9.92. The highest BCUT2D eigenvalue weighted by atomic mass is 35.5. The van der Waals surface area contributed by atoms with Crippen LogP contribution in [0.15, 0.2) is 53.2 Å². The first-order valence-electron chi connectivity index (χ1n) is 6.01. The summed E-state index contributed by atoms with van der Waals surface area (Å²) in [6.45, 7) is 0. The second kappa shape index (κ2) is 5.67. The Morgan fingerprint density at radius 1 is 1.43 bits per heavy atom. The van der Waals surface area contributed by atoms with Crippen LogP contribution in [0.25, 0.3) is 0 Å². The van der Waals surface area contributed by atoms with Gasteiger partial charge < -0.3 is 9.84 Å². The zero-order valence-corrected chi connectivity index (χ0v) is 11.8. The molecule has 110 valence electrons. The van der Waals surface area contributed by atoms with Gasteiger partial charge in [0.25, 0.3) is 5.70 Å². The Morgan fingerprint density at radius 3 is 2.52 bits per heavy atom. The first-order valence-corrected chi connectivity index (χ1v) is 6.38. The maximum absolute atomic E-state index is 11.7. The largest absolute Gasteiger partial charge is 0.479 e. The summed E-state index contributed by atoms with van der Waals surface area (Å²) >= 11 is 5.91. The van der Waals surface area contributed by atoms with Crippen molar-refractivity contribution in [1.29, 1.82) is 0 Å². The number of hydrogen-bond acceptors (Lipinski definition) is 4. The van der Waals surface area contributed by atoms with Crippen LogP contribution in [-0.2, 0) is 9.53 Å². The minimum Gasteiger partial charge on any atom is -0.479 e. The van der Waals surface area contributed by atoms with Crippen LogP contribution < -0.4 is 0 Å². The molecule has 0 radical (unpaired) electrons. The normalized spacial score (nSPS) is 25.0. The molecule has 2 unspecified atom stereocenters. The summed E-state index contributed by atoms with van der Waals surface area (Å²) in [5.74, 6) is -2.09. The number of benzene rings is 1. The number of allylic oxidation sites excluding steroid dienone is 1. The van der Waals surface area contributed by atoms with Crippen molar-refractivity contribution in [3.8, 4) is 0 Å². The van der Waals surface area contributed by atoms with Crippen molar-refractivity contribution >= 4 is 17.6 Å². The molecule has 0 spiro atoms. The van der Waals surface area contributed by atoms with E-state index in [-0.39, 0.29) is 5.03 Å². The number of halogens is 1. The SMILES string of the molecule is COC1(C(=O)O)C=C([N+](=O)[O-])C(Cl)=CC1c1ccccc1. The summed E-state index contributed by atoms with van der Waals surface area (Å²) in [4.78, 5) is 22.0. The summed E-state index contributed by atoms with van der Waals surface area (Å²) < 4.78 is 5.15.